The summed E-state index contributed by atoms with van der Waals surface area (Å²) in [6, 6.07) is 1.54. The van der Waals surface area contributed by atoms with Gasteiger partial charge in [-0.2, -0.15) is 13.2 Å². The van der Waals surface area contributed by atoms with Crippen molar-refractivity contribution < 1.29 is 17.9 Å². The van der Waals surface area contributed by atoms with E-state index in [9.17, 15) is 13.2 Å². The SMILES string of the molecule is Cc1cc(OC(C)C(F)(F)F)c(CNCC(C)C)cn1. The van der Waals surface area contributed by atoms with Gasteiger partial charge in [-0.15, -0.1) is 0 Å². The zero-order valence-corrected chi connectivity index (χ0v) is 12.2. The lowest BCUT2D eigenvalue weighted by Gasteiger charge is -2.20. The molecule has 0 bridgehead atoms. The minimum atomic E-state index is -4.38. The van der Waals surface area contributed by atoms with Crippen LogP contribution in [0.25, 0.3) is 0 Å². The number of nitrogens with zero attached hydrogens (tertiary/aromatic N) is 1. The van der Waals surface area contributed by atoms with Gasteiger partial charge in [0, 0.05) is 30.1 Å². The van der Waals surface area contributed by atoms with E-state index in [2.05, 4.69) is 24.1 Å². The zero-order chi connectivity index (χ0) is 15.3. The van der Waals surface area contributed by atoms with E-state index in [-0.39, 0.29) is 5.75 Å². The van der Waals surface area contributed by atoms with Gasteiger partial charge in [0.05, 0.1) is 0 Å². The van der Waals surface area contributed by atoms with E-state index in [1.165, 1.54) is 6.07 Å². The molecule has 0 radical (unpaired) electrons. The van der Waals surface area contributed by atoms with Crippen LogP contribution in [-0.4, -0.2) is 23.8 Å². The molecule has 0 aliphatic carbocycles. The van der Waals surface area contributed by atoms with Gasteiger partial charge in [-0.25, -0.2) is 0 Å². The molecule has 0 aliphatic rings. The molecule has 1 atom stereocenters. The summed E-state index contributed by atoms with van der Waals surface area (Å²) in [4.78, 5) is 4.11. The first-order chi connectivity index (χ1) is 9.20. The van der Waals surface area contributed by atoms with Crippen molar-refractivity contribution in [1.82, 2.24) is 10.3 Å². The number of hydrogen-bond donors (Lipinski definition) is 1. The van der Waals surface area contributed by atoms with Gasteiger partial charge in [-0.1, -0.05) is 13.8 Å². The van der Waals surface area contributed by atoms with Crippen LogP contribution in [0.5, 0.6) is 5.75 Å². The van der Waals surface area contributed by atoms with Crippen molar-refractivity contribution in [1.29, 1.82) is 0 Å². The van der Waals surface area contributed by atoms with Gasteiger partial charge in [-0.05, 0) is 26.3 Å². The molecule has 0 spiro atoms. The zero-order valence-electron chi connectivity index (χ0n) is 12.2. The van der Waals surface area contributed by atoms with Crippen LogP contribution in [0.3, 0.4) is 0 Å². The molecule has 0 saturated heterocycles. The highest BCUT2D eigenvalue weighted by Crippen LogP contribution is 2.27. The van der Waals surface area contributed by atoms with Crippen molar-refractivity contribution in [3.63, 3.8) is 0 Å². The van der Waals surface area contributed by atoms with Crippen molar-refractivity contribution in [2.45, 2.75) is 46.5 Å². The highest BCUT2D eigenvalue weighted by atomic mass is 19.4. The number of ether oxygens (including phenoxy) is 1. The summed E-state index contributed by atoms with van der Waals surface area (Å²) in [5.74, 6) is 0.699. The quantitative estimate of drug-likeness (QED) is 0.871. The summed E-state index contributed by atoms with van der Waals surface area (Å²) in [7, 11) is 0. The van der Waals surface area contributed by atoms with Crippen LogP contribution in [0.1, 0.15) is 32.0 Å². The maximum atomic E-state index is 12.6. The molecule has 0 aromatic carbocycles. The van der Waals surface area contributed by atoms with Gasteiger partial charge >= 0.3 is 6.18 Å². The first-order valence-electron chi connectivity index (χ1n) is 6.59. The van der Waals surface area contributed by atoms with Crippen LogP contribution in [0.2, 0.25) is 0 Å². The molecular formula is C14H21F3N2O. The molecule has 1 aromatic rings. The van der Waals surface area contributed by atoms with E-state index in [1.807, 2.05) is 0 Å². The van der Waals surface area contributed by atoms with Crippen LogP contribution in [0, 0.1) is 12.8 Å². The lowest BCUT2D eigenvalue weighted by atomic mass is 10.2. The summed E-state index contributed by atoms with van der Waals surface area (Å²) >= 11 is 0. The van der Waals surface area contributed by atoms with Gasteiger partial charge in [0.2, 0.25) is 0 Å². The monoisotopic (exact) mass is 290 g/mol. The molecule has 20 heavy (non-hydrogen) atoms. The molecule has 0 aliphatic heterocycles. The molecule has 1 rings (SSSR count). The molecule has 0 fully saturated rings. The number of alkyl halides is 3. The molecule has 114 valence electrons. The van der Waals surface area contributed by atoms with Crippen LogP contribution in [0.15, 0.2) is 12.3 Å². The van der Waals surface area contributed by atoms with Gasteiger partial charge in [0.15, 0.2) is 6.10 Å². The summed E-state index contributed by atoms with van der Waals surface area (Å²) in [5.41, 5.74) is 1.26. The highest BCUT2D eigenvalue weighted by Gasteiger charge is 2.38. The average Bonchev–Trinajstić information content (AvgIpc) is 2.30. The largest absolute Gasteiger partial charge is 0.481 e. The Morgan fingerprint density at radius 3 is 2.50 bits per heavy atom. The Balaban J connectivity index is 2.79. The first kappa shape index (κ1) is 16.8. The van der Waals surface area contributed by atoms with Crippen molar-refractivity contribution in [2.75, 3.05) is 6.54 Å². The van der Waals surface area contributed by atoms with E-state index in [4.69, 9.17) is 4.74 Å². The lowest BCUT2D eigenvalue weighted by Crippen LogP contribution is -2.31. The third kappa shape index (κ3) is 5.36. The number of halogens is 3. The molecule has 3 nitrogen and oxygen atoms in total. The Labute approximate surface area is 117 Å². The number of aromatic nitrogens is 1. The maximum absolute atomic E-state index is 12.6. The second kappa shape index (κ2) is 6.92. The van der Waals surface area contributed by atoms with Crippen molar-refractivity contribution >= 4 is 0 Å². The standard InChI is InChI=1S/C14H21F3N2O/c1-9(2)6-18-7-12-8-19-10(3)5-13(12)20-11(4)14(15,16)17/h5,8-9,11,18H,6-7H2,1-4H3. The third-order valence-electron chi connectivity index (χ3n) is 2.71. The van der Waals surface area contributed by atoms with E-state index in [0.29, 0.717) is 23.7 Å². The fourth-order valence-corrected chi connectivity index (χ4v) is 1.56. The van der Waals surface area contributed by atoms with Gasteiger partial charge in [-0.3, -0.25) is 4.98 Å². The Kier molecular flexibility index (Phi) is 5.80. The smallest absolute Gasteiger partial charge is 0.425 e. The van der Waals surface area contributed by atoms with Crippen LogP contribution < -0.4 is 10.1 Å². The van der Waals surface area contributed by atoms with E-state index in [1.54, 1.807) is 13.1 Å². The van der Waals surface area contributed by atoms with Gasteiger partial charge in [0.1, 0.15) is 5.75 Å². The molecular weight excluding hydrogens is 269 g/mol. The number of rotatable bonds is 6. The van der Waals surface area contributed by atoms with Crippen LogP contribution in [-0.2, 0) is 6.54 Å². The number of aryl methyl sites for hydroxylation is 1. The topological polar surface area (TPSA) is 34.1 Å². The first-order valence-corrected chi connectivity index (χ1v) is 6.59. The second-order valence-corrected chi connectivity index (χ2v) is 5.26. The molecule has 1 N–H and O–H groups in total. The predicted octanol–water partition coefficient (Wildman–Crippen LogP) is 3.47. The minimum absolute atomic E-state index is 0.235. The lowest BCUT2D eigenvalue weighted by molar-refractivity contribution is -0.189. The normalized spacial score (nSPS) is 13.6. The maximum Gasteiger partial charge on any atom is 0.425 e. The van der Waals surface area contributed by atoms with Crippen molar-refractivity contribution in [2.24, 2.45) is 5.92 Å². The van der Waals surface area contributed by atoms with E-state index < -0.39 is 12.3 Å². The van der Waals surface area contributed by atoms with Crippen LogP contribution >= 0.6 is 0 Å². The Morgan fingerprint density at radius 2 is 1.95 bits per heavy atom. The molecule has 1 heterocycles. The van der Waals surface area contributed by atoms with E-state index >= 15 is 0 Å². The summed E-state index contributed by atoms with van der Waals surface area (Å²) in [6.45, 7) is 8.05. The average molecular weight is 290 g/mol. The molecule has 1 aromatic heterocycles. The summed E-state index contributed by atoms with van der Waals surface area (Å²) < 4.78 is 42.7. The summed E-state index contributed by atoms with van der Waals surface area (Å²) in [6.07, 6.45) is -4.66. The molecule has 1 unspecified atom stereocenters. The predicted molar refractivity (Wildman–Crippen MR) is 71.7 cm³/mol. The Bertz CT molecular complexity index is 433. The van der Waals surface area contributed by atoms with Gasteiger partial charge < -0.3 is 10.1 Å². The van der Waals surface area contributed by atoms with Crippen molar-refractivity contribution in [3.8, 4) is 5.75 Å². The van der Waals surface area contributed by atoms with E-state index in [0.717, 1.165) is 13.5 Å². The molecule has 0 amide bonds. The van der Waals surface area contributed by atoms with Gasteiger partial charge in [0.25, 0.3) is 0 Å². The number of pyridine rings is 1. The molecule has 0 saturated carbocycles. The summed E-state index contributed by atoms with van der Waals surface area (Å²) in [5, 5.41) is 3.17. The highest BCUT2D eigenvalue weighted by molar-refractivity contribution is 5.33. The van der Waals surface area contributed by atoms with Crippen LogP contribution in [0.4, 0.5) is 13.2 Å². The third-order valence-corrected chi connectivity index (χ3v) is 2.71. The number of nitrogens with one attached hydrogen (secondary N) is 1. The Hall–Kier alpha value is -1.30. The molecule has 6 heteroatoms. The Morgan fingerprint density at radius 1 is 1.30 bits per heavy atom. The second-order valence-electron chi connectivity index (χ2n) is 5.26. The fraction of sp³-hybridized carbons (Fsp3) is 0.643. The fourth-order valence-electron chi connectivity index (χ4n) is 1.56. The van der Waals surface area contributed by atoms with Crippen molar-refractivity contribution in [3.05, 3.63) is 23.5 Å². The number of hydrogen-bond acceptors (Lipinski definition) is 3. The minimum Gasteiger partial charge on any atom is -0.481 e.